The third-order valence-electron chi connectivity index (χ3n) is 7.96. The predicted molar refractivity (Wildman–Crippen MR) is 148 cm³/mol. The topological polar surface area (TPSA) is 89.2 Å². The minimum absolute atomic E-state index is 0.136. The Morgan fingerprint density at radius 1 is 1.24 bits per heavy atom. The van der Waals surface area contributed by atoms with E-state index in [1.165, 1.54) is 23.8 Å². The molecule has 0 radical (unpaired) electrons. The van der Waals surface area contributed by atoms with Crippen LogP contribution in [-0.4, -0.2) is 32.0 Å². The number of nitrogens with one attached hydrogen (secondary N) is 2. The molecule has 0 unspecified atom stereocenters. The number of imidazole rings is 2. The van der Waals surface area contributed by atoms with E-state index in [0.29, 0.717) is 6.61 Å². The summed E-state index contributed by atoms with van der Waals surface area (Å²) in [7, 11) is 0. The second-order valence-corrected chi connectivity index (χ2v) is 11.2. The highest BCUT2D eigenvalue weighted by Crippen LogP contribution is 2.45. The number of nitrogens with zero attached hydrogens (tertiary/aromatic N) is 4. The number of carbonyl (C=O) groups excluding carboxylic acids is 1. The average molecular weight is 513 g/mol. The van der Waals surface area contributed by atoms with Gasteiger partial charge in [-0.25, -0.2) is 9.97 Å². The second-order valence-electron chi connectivity index (χ2n) is 11.2. The lowest BCUT2D eigenvalue weighted by molar-refractivity contribution is -0.0787. The molecule has 0 atom stereocenters. The van der Waals surface area contributed by atoms with Crippen molar-refractivity contribution in [1.82, 2.24) is 19.5 Å². The number of H-pyrrole nitrogens is 1. The molecule has 0 bridgehead atoms. The molecule has 2 aliphatic rings. The number of carbonyl (C=O) groups is 1. The molecule has 2 heterocycles. The molecule has 1 saturated carbocycles. The molecule has 198 valence electrons. The van der Waals surface area contributed by atoms with Crippen LogP contribution in [-0.2, 0) is 16.9 Å². The molecule has 38 heavy (non-hydrogen) atoms. The van der Waals surface area contributed by atoms with E-state index in [2.05, 4.69) is 57.2 Å². The standard InChI is InChI=1S/C30H36N6O2/c1-29(2)13-9-22(10-14-29)24-19-23(7-8-25(24)34-28(37)27-33-20-26(31-3)35-27)30(11-5-4-6-12-30)38-18-17-36-16-15-32-21-36/h7-9,15-16,19-21H,4-6,10-14,17-18H2,1-2H3,(H,33,35)(H,34,37). The van der Waals surface area contributed by atoms with E-state index in [1.807, 2.05) is 23.2 Å². The first-order valence-electron chi connectivity index (χ1n) is 13.5. The molecule has 0 saturated heterocycles. The fourth-order valence-electron chi connectivity index (χ4n) is 5.59. The first-order chi connectivity index (χ1) is 18.4. The summed E-state index contributed by atoms with van der Waals surface area (Å²) in [5, 5.41) is 3.06. The molecule has 3 aromatic rings. The molecule has 1 aromatic carbocycles. The minimum Gasteiger partial charge on any atom is -0.368 e. The number of hydrogen-bond donors (Lipinski definition) is 2. The normalized spacial score (nSPS) is 18.4. The largest absolute Gasteiger partial charge is 0.368 e. The number of rotatable bonds is 8. The van der Waals surface area contributed by atoms with Gasteiger partial charge in [-0.15, -0.1) is 0 Å². The van der Waals surface area contributed by atoms with Crippen molar-refractivity contribution in [3.05, 3.63) is 77.6 Å². The van der Waals surface area contributed by atoms with Crippen LogP contribution in [0.2, 0.25) is 0 Å². The van der Waals surface area contributed by atoms with Gasteiger partial charge in [0.1, 0.15) is 0 Å². The van der Waals surface area contributed by atoms with Gasteiger partial charge in [0, 0.05) is 30.2 Å². The van der Waals surface area contributed by atoms with Crippen LogP contribution >= 0.6 is 0 Å². The van der Waals surface area contributed by atoms with Gasteiger partial charge in [0.15, 0.2) is 0 Å². The Balaban J connectivity index is 1.47. The zero-order valence-electron chi connectivity index (χ0n) is 22.3. The number of aromatic nitrogens is 4. The quantitative estimate of drug-likeness (QED) is 0.322. The smallest absolute Gasteiger partial charge is 0.314 e. The summed E-state index contributed by atoms with van der Waals surface area (Å²) in [4.78, 5) is 27.3. The summed E-state index contributed by atoms with van der Waals surface area (Å²) in [5.41, 5.74) is 4.18. The minimum atomic E-state index is -0.352. The van der Waals surface area contributed by atoms with Crippen molar-refractivity contribution in [2.75, 3.05) is 11.9 Å². The van der Waals surface area contributed by atoms with Crippen LogP contribution in [0.4, 0.5) is 11.5 Å². The van der Waals surface area contributed by atoms with Crippen molar-refractivity contribution in [3.63, 3.8) is 0 Å². The first-order valence-corrected chi connectivity index (χ1v) is 13.5. The van der Waals surface area contributed by atoms with Crippen LogP contribution < -0.4 is 5.32 Å². The van der Waals surface area contributed by atoms with Gasteiger partial charge in [-0.3, -0.25) is 9.78 Å². The van der Waals surface area contributed by atoms with Gasteiger partial charge in [-0.05, 0) is 60.8 Å². The van der Waals surface area contributed by atoms with Crippen LogP contribution in [0.25, 0.3) is 10.4 Å². The number of aromatic amines is 1. The molecule has 0 aliphatic heterocycles. The maximum atomic E-state index is 13.0. The summed E-state index contributed by atoms with van der Waals surface area (Å²) >= 11 is 0. The van der Waals surface area contributed by atoms with Gasteiger partial charge in [0.2, 0.25) is 5.82 Å². The van der Waals surface area contributed by atoms with Crippen LogP contribution in [0.15, 0.2) is 49.2 Å². The van der Waals surface area contributed by atoms with Crippen molar-refractivity contribution in [2.45, 2.75) is 77.4 Å². The van der Waals surface area contributed by atoms with Crippen molar-refractivity contribution in [2.24, 2.45) is 5.41 Å². The van der Waals surface area contributed by atoms with E-state index in [1.54, 1.807) is 6.20 Å². The molecule has 2 N–H and O–H groups in total. The Labute approximate surface area is 224 Å². The van der Waals surface area contributed by atoms with Crippen molar-refractivity contribution >= 4 is 23.0 Å². The average Bonchev–Trinajstić information content (AvgIpc) is 3.62. The number of hydrogen-bond acceptors (Lipinski definition) is 4. The van der Waals surface area contributed by atoms with Gasteiger partial charge in [0.25, 0.3) is 5.82 Å². The third kappa shape index (κ3) is 5.73. The molecular formula is C30H36N6O2. The molecule has 8 heteroatoms. The summed E-state index contributed by atoms with van der Waals surface area (Å²) in [6.07, 6.45) is 17.8. The Morgan fingerprint density at radius 3 is 2.76 bits per heavy atom. The maximum absolute atomic E-state index is 13.0. The number of allylic oxidation sites excluding steroid dienone is 2. The summed E-state index contributed by atoms with van der Waals surface area (Å²) < 4.78 is 8.76. The van der Waals surface area contributed by atoms with Crippen molar-refractivity contribution in [3.8, 4) is 0 Å². The molecule has 2 aliphatic carbocycles. The van der Waals surface area contributed by atoms with Gasteiger partial charge in [0.05, 0.1) is 24.7 Å². The van der Waals surface area contributed by atoms with E-state index in [9.17, 15) is 4.79 Å². The Bertz CT molecular complexity index is 1340. The maximum Gasteiger partial charge on any atom is 0.314 e. The van der Waals surface area contributed by atoms with Gasteiger partial charge < -0.3 is 19.5 Å². The summed E-state index contributed by atoms with van der Waals surface area (Å²) in [6, 6.07) is 6.37. The van der Waals surface area contributed by atoms with Gasteiger partial charge >= 0.3 is 5.91 Å². The SMILES string of the molecule is [C-]#[N+]c1cnc(C(=O)Nc2ccc(C3(OCCn4ccnc4)CCCCC3)cc2C2=CCC(C)(C)CC2)[nH]1. The zero-order valence-corrected chi connectivity index (χ0v) is 22.3. The molecule has 0 spiro atoms. The molecule has 8 nitrogen and oxygen atoms in total. The predicted octanol–water partition coefficient (Wildman–Crippen LogP) is 6.88. The fraction of sp³-hybridized carbons (Fsp3) is 0.467. The fourth-order valence-corrected chi connectivity index (χ4v) is 5.59. The Hall–Kier alpha value is -3.70. The van der Waals surface area contributed by atoms with E-state index >= 15 is 0 Å². The number of anilines is 1. The van der Waals surface area contributed by atoms with E-state index in [4.69, 9.17) is 11.3 Å². The highest BCUT2D eigenvalue weighted by Gasteiger charge is 2.36. The lowest BCUT2D eigenvalue weighted by atomic mass is 9.75. The summed E-state index contributed by atoms with van der Waals surface area (Å²) in [5.74, 6) is 0.0287. The lowest BCUT2D eigenvalue weighted by Crippen LogP contribution is -2.33. The molecule has 1 amide bonds. The van der Waals surface area contributed by atoms with Crippen LogP contribution in [0.1, 0.15) is 87.0 Å². The van der Waals surface area contributed by atoms with Gasteiger partial charge in [-0.1, -0.05) is 51.8 Å². The Kier molecular flexibility index (Phi) is 7.48. The Morgan fingerprint density at radius 2 is 2.08 bits per heavy atom. The zero-order chi connectivity index (χ0) is 26.6. The van der Waals surface area contributed by atoms with E-state index in [-0.39, 0.29) is 28.6 Å². The van der Waals surface area contributed by atoms with Crippen molar-refractivity contribution < 1.29 is 9.53 Å². The second kappa shape index (κ2) is 11.0. The monoisotopic (exact) mass is 512 g/mol. The third-order valence-corrected chi connectivity index (χ3v) is 7.96. The molecule has 2 aromatic heterocycles. The van der Waals surface area contributed by atoms with Crippen LogP contribution in [0, 0.1) is 12.0 Å². The highest BCUT2D eigenvalue weighted by atomic mass is 16.5. The highest BCUT2D eigenvalue weighted by molar-refractivity contribution is 6.03. The number of benzene rings is 1. The number of ether oxygens (including phenoxy) is 1. The van der Waals surface area contributed by atoms with Crippen LogP contribution in [0.5, 0.6) is 0 Å². The van der Waals surface area contributed by atoms with E-state index < -0.39 is 0 Å². The molecular weight excluding hydrogens is 476 g/mol. The van der Waals surface area contributed by atoms with Crippen LogP contribution in [0.3, 0.4) is 0 Å². The first kappa shape index (κ1) is 25.9. The van der Waals surface area contributed by atoms with E-state index in [0.717, 1.165) is 62.7 Å². The van der Waals surface area contributed by atoms with Gasteiger partial charge in [-0.2, -0.15) is 0 Å². The summed E-state index contributed by atoms with van der Waals surface area (Å²) in [6.45, 7) is 13.1. The number of amides is 1. The van der Waals surface area contributed by atoms with Crippen molar-refractivity contribution in [1.29, 1.82) is 0 Å². The molecule has 5 rings (SSSR count). The molecule has 1 fully saturated rings. The lowest BCUT2D eigenvalue weighted by Gasteiger charge is -2.38.